The van der Waals surface area contributed by atoms with Crippen molar-refractivity contribution in [1.82, 2.24) is 0 Å². The molecule has 2 rings (SSSR count). The monoisotopic (exact) mass is 304 g/mol. The maximum atomic E-state index is 10.2. The van der Waals surface area contributed by atoms with Crippen molar-refractivity contribution in [2.45, 2.75) is 44.9 Å². The average molecular weight is 304 g/mol. The van der Waals surface area contributed by atoms with Gasteiger partial charge in [-0.1, -0.05) is 43.2 Å². The lowest BCUT2D eigenvalue weighted by Crippen LogP contribution is -2.28. The van der Waals surface area contributed by atoms with Crippen LogP contribution < -0.4 is 0 Å². The van der Waals surface area contributed by atoms with Crippen LogP contribution in [0.25, 0.3) is 0 Å². The van der Waals surface area contributed by atoms with E-state index in [2.05, 4.69) is 18.8 Å². The quantitative estimate of drug-likeness (QED) is 0.820. The second kappa shape index (κ2) is 8.92. The van der Waals surface area contributed by atoms with E-state index in [0.29, 0.717) is 13.2 Å². The third kappa shape index (κ3) is 4.56. The Hall–Kier alpha value is -1.38. The van der Waals surface area contributed by atoms with Gasteiger partial charge in [0.2, 0.25) is 0 Å². The van der Waals surface area contributed by atoms with Gasteiger partial charge in [0, 0.05) is 13.5 Å². The lowest BCUT2D eigenvalue weighted by atomic mass is 9.99. The fourth-order valence-corrected chi connectivity index (χ4v) is 2.43. The molecule has 0 aliphatic carbocycles. The first-order valence-corrected chi connectivity index (χ1v) is 7.72. The topological polar surface area (TPSA) is 47.9 Å². The minimum atomic E-state index is -0.736. The van der Waals surface area contributed by atoms with Crippen LogP contribution in [0.15, 0.2) is 30.3 Å². The molecule has 1 aromatic carbocycles. The van der Waals surface area contributed by atoms with Crippen LogP contribution in [-0.4, -0.2) is 37.3 Å². The summed E-state index contributed by atoms with van der Waals surface area (Å²) in [5, 5.41) is 10.2. The first-order valence-electron chi connectivity index (χ1n) is 7.72. The summed E-state index contributed by atoms with van der Waals surface area (Å²) in [5.41, 5.74) is 1.11. The van der Waals surface area contributed by atoms with Crippen LogP contribution in [0.1, 0.15) is 25.3 Å². The highest BCUT2D eigenvalue weighted by Crippen LogP contribution is 2.27. The van der Waals surface area contributed by atoms with Crippen LogP contribution in [-0.2, 0) is 20.8 Å². The number of benzene rings is 1. The fraction of sp³-hybridized carbons (Fsp3) is 0.556. The van der Waals surface area contributed by atoms with Crippen molar-refractivity contribution >= 4 is 0 Å². The standard InChI is InChI=1S/C18H24O4/c1-3-4-6-11-15-16(22-18(20-2)17(15)19)13-21-12-14-9-7-5-8-10-14/h5,7-10,15-19H,3-4,12-13H2,1-2H3/t15-,16+,17+,18+/m0/s1. The highest BCUT2D eigenvalue weighted by atomic mass is 16.7. The number of ether oxygens (including phenoxy) is 3. The summed E-state index contributed by atoms with van der Waals surface area (Å²) < 4.78 is 16.6. The van der Waals surface area contributed by atoms with E-state index in [4.69, 9.17) is 14.2 Å². The highest BCUT2D eigenvalue weighted by Gasteiger charge is 2.43. The molecule has 1 aliphatic heterocycles. The van der Waals surface area contributed by atoms with Gasteiger partial charge in [-0.3, -0.25) is 0 Å². The smallest absolute Gasteiger partial charge is 0.184 e. The van der Waals surface area contributed by atoms with Crippen LogP contribution >= 0.6 is 0 Å². The molecule has 4 atom stereocenters. The molecule has 4 nitrogen and oxygen atoms in total. The van der Waals surface area contributed by atoms with Crippen molar-refractivity contribution in [1.29, 1.82) is 0 Å². The maximum absolute atomic E-state index is 10.2. The van der Waals surface area contributed by atoms with E-state index < -0.39 is 12.4 Å². The Morgan fingerprint density at radius 3 is 2.73 bits per heavy atom. The molecule has 1 heterocycles. The molecule has 1 saturated heterocycles. The van der Waals surface area contributed by atoms with Crippen LogP contribution in [0.2, 0.25) is 0 Å². The molecule has 0 radical (unpaired) electrons. The molecule has 0 spiro atoms. The van der Waals surface area contributed by atoms with Crippen LogP contribution in [0, 0.1) is 17.8 Å². The Morgan fingerprint density at radius 2 is 2.05 bits per heavy atom. The molecular weight excluding hydrogens is 280 g/mol. The number of rotatable bonds is 6. The molecular formula is C18H24O4. The normalized spacial score (nSPS) is 27.4. The molecule has 0 unspecified atom stereocenters. The van der Waals surface area contributed by atoms with Crippen LogP contribution in [0.3, 0.4) is 0 Å². The Balaban J connectivity index is 1.90. The number of methoxy groups -OCH3 is 1. The molecule has 22 heavy (non-hydrogen) atoms. The van der Waals surface area contributed by atoms with Gasteiger partial charge in [-0.25, -0.2) is 0 Å². The van der Waals surface area contributed by atoms with Gasteiger partial charge < -0.3 is 19.3 Å². The van der Waals surface area contributed by atoms with Gasteiger partial charge in [0.25, 0.3) is 0 Å². The minimum Gasteiger partial charge on any atom is -0.386 e. The van der Waals surface area contributed by atoms with Crippen LogP contribution in [0.5, 0.6) is 0 Å². The molecule has 1 aliphatic rings. The lowest BCUT2D eigenvalue weighted by Gasteiger charge is -2.15. The van der Waals surface area contributed by atoms with Crippen molar-refractivity contribution in [3.63, 3.8) is 0 Å². The van der Waals surface area contributed by atoms with Gasteiger partial charge in [-0.15, -0.1) is 5.92 Å². The summed E-state index contributed by atoms with van der Waals surface area (Å²) in [7, 11) is 1.53. The lowest BCUT2D eigenvalue weighted by molar-refractivity contribution is -0.156. The number of hydrogen-bond acceptors (Lipinski definition) is 4. The summed E-state index contributed by atoms with van der Waals surface area (Å²) >= 11 is 0. The van der Waals surface area contributed by atoms with E-state index in [1.54, 1.807) is 0 Å². The summed E-state index contributed by atoms with van der Waals surface area (Å²) in [6.45, 7) is 2.98. The average Bonchev–Trinajstić information content (AvgIpc) is 2.85. The van der Waals surface area contributed by atoms with Crippen molar-refractivity contribution in [2.75, 3.05) is 13.7 Å². The van der Waals surface area contributed by atoms with E-state index >= 15 is 0 Å². The molecule has 1 N–H and O–H groups in total. The second-order valence-corrected chi connectivity index (χ2v) is 5.37. The molecule has 4 heteroatoms. The van der Waals surface area contributed by atoms with Crippen molar-refractivity contribution < 1.29 is 19.3 Å². The highest BCUT2D eigenvalue weighted by molar-refractivity contribution is 5.14. The van der Waals surface area contributed by atoms with Crippen molar-refractivity contribution in [3.05, 3.63) is 35.9 Å². The number of unbranched alkanes of at least 4 members (excludes halogenated alkanes) is 1. The zero-order chi connectivity index (χ0) is 15.8. The van der Waals surface area contributed by atoms with Crippen molar-refractivity contribution in [2.24, 2.45) is 5.92 Å². The third-order valence-corrected chi connectivity index (χ3v) is 3.63. The molecule has 0 saturated carbocycles. The van der Waals surface area contributed by atoms with Gasteiger partial charge in [0.1, 0.15) is 12.2 Å². The maximum Gasteiger partial charge on any atom is 0.184 e. The minimum absolute atomic E-state index is 0.270. The van der Waals surface area contributed by atoms with Gasteiger partial charge in [0.15, 0.2) is 6.29 Å². The summed E-state index contributed by atoms with van der Waals surface area (Å²) in [6.07, 6.45) is 0.178. The van der Waals surface area contributed by atoms with E-state index in [1.165, 1.54) is 7.11 Å². The molecule has 0 amide bonds. The number of aliphatic hydroxyl groups is 1. The zero-order valence-corrected chi connectivity index (χ0v) is 13.2. The van der Waals surface area contributed by atoms with Crippen molar-refractivity contribution in [3.8, 4) is 11.8 Å². The number of hydrogen-bond donors (Lipinski definition) is 1. The molecule has 0 bridgehead atoms. The first-order chi connectivity index (χ1) is 10.8. The van der Waals surface area contributed by atoms with Gasteiger partial charge in [0.05, 0.1) is 19.1 Å². The number of aliphatic hydroxyl groups excluding tert-OH is 1. The molecule has 1 aromatic rings. The predicted molar refractivity (Wildman–Crippen MR) is 83.9 cm³/mol. The Morgan fingerprint density at radius 1 is 1.27 bits per heavy atom. The van der Waals surface area contributed by atoms with Gasteiger partial charge in [-0.05, 0) is 12.0 Å². The Kier molecular flexibility index (Phi) is 6.88. The van der Waals surface area contributed by atoms with E-state index in [0.717, 1.165) is 18.4 Å². The van der Waals surface area contributed by atoms with E-state index in [1.807, 2.05) is 30.3 Å². The molecule has 120 valence electrons. The third-order valence-electron chi connectivity index (χ3n) is 3.63. The largest absolute Gasteiger partial charge is 0.386 e. The summed E-state index contributed by atoms with van der Waals surface area (Å²) in [6, 6.07) is 9.97. The Labute approximate surface area is 132 Å². The fourth-order valence-electron chi connectivity index (χ4n) is 2.43. The van der Waals surface area contributed by atoms with Crippen LogP contribution in [0.4, 0.5) is 0 Å². The molecule has 1 fully saturated rings. The second-order valence-electron chi connectivity index (χ2n) is 5.37. The predicted octanol–water partition coefficient (Wildman–Crippen LogP) is 2.36. The Bertz CT molecular complexity index is 491. The summed E-state index contributed by atoms with van der Waals surface area (Å²) in [4.78, 5) is 0. The zero-order valence-electron chi connectivity index (χ0n) is 13.2. The summed E-state index contributed by atoms with van der Waals surface area (Å²) in [5.74, 6) is 5.93. The molecule has 0 aromatic heterocycles. The van der Waals surface area contributed by atoms with E-state index in [9.17, 15) is 5.11 Å². The van der Waals surface area contributed by atoms with Gasteiger partial charge >= 0.3 is 0 Å². The van der Waals surface area contributed by atoms with Gasteiger partial charge in [-0.2, -0.15) is 0 Å². The SMILES string of the molecule is CCCC#C[C@@H]1[C@@H](O)[C@H](OC)O[C@@H]1COCc1ccccc1. The van der Waals surface area contributed by atoms with E-state index in [-0.39, 0.29) is 12.0 Å². The first kappa shape index (κ1) is 17.0.